The maximum absolute atomic E-state index is 12.4. The molecule has 0 bridgehead atoms. The highest BCUT2D eigenvalue weighted by Crippen LogP contribution is 2.66. The van der Waals surface area contributed by atoms with Gasteiger partial charge in [0.1, 0.15) is 18.6 Å². The first-order valence-corrected chi connectivity index (χ1v) is 16.8. The van der Waals surface area contributed by atoms with Crippen molar-refractivity contribution >= 4 is 28.9 Å². The fourth-order valence-corrected chi connectivity index (χ4v) is 10.5. The summed E-state index contributed by atoms with van der Waals surface area (Å²) in [6.07, 6.45) is -1.07. The van der Waals surface area contributed by atoms with Crippen molar-refractivity contribution in [2.75, 3.05) is 19.8 Å². The number of aliphatic hydroxyl groups excluding tert-OH is 2. The maximum Gasteiger partial charge on any atom is 0.330 e. The quantitative estimate of drug-likeness (QED) is 0.189. The second-order valence-corrected chi connectivity index (χ2v) is 15.9. The number of nitrogens with one attached hydrogen (secondary N) is 2. The Bertz CT molecular complexity index is 1480. The predicted octanol–water partition coefficient (Wildman–Crippen LogP) is -0.0950. The van der Waals surface area contributed by atoms with Crippen LogP contribution in [-0.4, -0.2) is 72.7 Å². The van der Waals surface area contributed by atoms with E-state index in [0.29, 0.717) is 11.1 Å². The Morgan fingerprint density at radius 1 is 1.02 bits per heavy atom. The zero-order valence-electron chi connectivity index (χ0n) is 22.1. The van der Waals surface area contributed by atoms with Crippen LogP contribution >= 0.6 is 17.1 Å². The summed E-state index contributed by atoms with van der Waals surface area (Å²) in [7, 11) is 0. The van der Waals surface area contributed by atoms with Gasteiger partial charge in [0.15, 0.2) is 0 Å². The third kappa shape index (κ3) is 7.16. The predicted molar refractivity (Wildman–Crippen MR) is 150 cm³/mol. The summed E-state index contributed by atoms with van der Waals surface area (Å²) in [5.74, 6) is 0. The van der Waals surface area contributed by atoms with Crippen LogP contribution in [0.3, 0.4) is 0 Å². The summed E-state index contributed by atoms with van der Waals surface area (Å²) in [6, 6.07) is 1.97. The Hall–Kier alpha value is -2.39. The molecule has 0 aliphatic carbocycles. The molecule has 0 spiro atoms. The summed E-state index contributed by atoms with van der Waals surface area (Å²) in [6.45, 7) is 2.18. The minimum Gasteiger partial charge on any atom is -0.394 e. The van der Waals surface area contributed by atoms with Crippen molar-refractivity contribution in [1.82, 2.24) is 19.1 Å². The first-order valence-electron chi connectivity index (χ1n) is 12.6. The molecule has 0 aromatic carbocycles. The minimum atomic E-state index is -3.32. The molecule has 0 amide bonds. The Labute approximate surface area is 241 Å². The van der Waals surface area contributed by atoms with Crippen molar-refractivity contribution in [2.45, 2.75) is 69.1 Å². The third-order valence-electron chi connectivity index (χ3n) is 6.63. The van der Waals surface area contributed by atoms with E-state index < -0.39 is 77.4 Å². The zero-order valence-corrected chi connectivity index (χ0v) is 24.7. The van der Waals surface area contributed by atoms with E-state index in [9.17, 15) is 29.4 Å². The molecule has 4 N–H and O–H groups in total. The zero-order chi connectivity index (χ0) is 29.9. The van der Waals surface area contributed by atoms with E-state index in [4.69, 9.17) is 35.6 Å². The Kier molecular flexibility index (Phi) is 10.2. The topological polar surface area (TPSA) is 211 Å². The lowest BCUT2D eigenvalue weighted by molar-refractivity contribution is -0.0420. The number of hydrogen-bond donors (Lipinski definition) is 4. The van der Waals surface area contributed by atoms with Crippen molar-refractivity contribution in [2.24, 2.45) is 0 Å². The highest BCUT2D eigenvalue weighted by Gasteiger charge is 2.45. The number of nitrogens with zero attached hydrogens (tertiary/aromatic N) is 3. The number of aliphatic hydroxyl groups is 2. The van der Waals surface area contributed by atoms with E-state index in [-0.39, 0.29) is 25.9 Å². The number of rotatable bonds is 11. The highest BCUT2D eigenvalue weighted by molar-refractivity contribution is 8.68. The van der Waals surface area contributed by atoms with E-state index in [1.165, 1.54) is 28.5 Å². The molecule has 7 atom stereocenters. The molecule has 0 saturated carbocycles. The smallest absolute Gasteiger partial charge is 0.330 e. The van der Waals surface area contributed by atoms with Gasteiger partial charge in [-0.1, -0.05) is 11.4 Å². The van der Waals surface area contributed by atoms with E-state index in [0.717, 1.165) is 11.4 Å². The Morgan fingerprint density at radius 2 is 1.56 bits per heavy atom. The van der Waals surface area contributed by atoms with Gasteiger partial charge in [0.2, 0.25) is 5.69 Å². The van der Waals surface area contributed by atoms with E-state index in [1.54, 1.807) is 6.92 Å². The van der Waals surface area contributed by atoms with Gasteiger partial charge in [-0.15, -0.1) is 0 Å². The molecule has 2 aliphatic heterocycles. The van der Waals surface area contributed by atoms with Crippen molar-refractivity contribution < 1.29 is 28.7 Å². The summed E-state index contributed by atoms with van der Waals surface area (Å²) in [5, 5.41) is 28.6. The number of nitriles is 1. The van der Waals surface area contributed by atoms with Gasteiger partial charge >= 0.3 is 11.4 Å². The lowest BCUT2D eigenvalue weighted by Crippen LogP contribution is -2.33. The molecule has 1 unspecified atom stereocenters. The van der Waals surface area contributed by atoms with Gasteiger partial charge in [0.05, 0.1) is 44.5 Å². The highest BCUT2D eigenvalue weighted by atomic mass is 32.9. The van der Waals surface area contributed by atoms with Crippen LogP contribution in [0.2, 0.25) is 0 Å². The van der Waals surface area contributed by atoms with Crippen molar-refractivity contribution in [3.63, 3.8) is 0 Å². The molecule has 18 heteroatoms. The number of ether oxygens (including phenoxy) is 2. The fourth-order valence-electron chi connectivity index (χ4n) is 4.51. The number of aryl methyl sites for hydroxylation is 2. The summed E-state index contributed by atoms with van der Waals surface area (Å²) in [5.41, 5.74) is -5.11. The van der Waals surface area contributed by atoms with Crippen LogP contribution in [0, 0.1) is 25.2 Å². The van der Waals surface area contributed by atoms with Gasteiger partial charge in [-0.25, -0.2) is 9.59 Å². The molecule has 0 radical (unpaired) electrons. The molecule has 2 aliphatic rings. The van der Waals surface area contributed by atoms with Crippen LogP contribution in [-0.2, 0) is 30.3 Å². The number of hydrogen-bond acceptors (Lipinski definition) is 13. The number of aromatic nitrogens is 4. The summed E-state index contributed by atoms with van der Waals surface area (Å²) < 4.78 is 26.4. The average molecular weight is 632 g/mol. The lowest BCUT2D eigenvalue weighted by Gasteiger charge is -2.29. The molecule has 2 aromatic rings. The molecule has 2 saturated heterocycles. The molecule has 15 nitrogen and oxygen atoms in total. The average Bonchev–Trinajstić information content (AvgIpc) is 3.51. The van der Waals surface area contributed by atoms with E-state index >= 15 is 0 Å². The van der Waals surface area contributed by atoms with Crippen molar-refractivity contribution in [3.8, 4) is 6.07 Å². The largest absolute Gasteiger partial charge is 0.394 e. The first kappa shape index (κ1) is 31.5. The lowest BCUT2D eigenvalue weighted by atomic mass is 10.2. The molecular formula is C23H30N5O10PS2. The van der Waals surface area contributed by atoms with Crippen LogP contribution in [0.15, 0.2) is 31.6 Å². The molecule has 41 heavy (non-hydrogen) atoms. The normalized spacial score (nSPS) is 27.5. The van der Waals surface area contributed by atoms with Gasteiger partial charge in [0, 0.05) is 41.6 Å². The van der Waals surface area contributed by atoms with Crippen LogP contribution in [0.5, 0.6) is 0 Å². The van der Waals surface area contributed by atoms with Gasteiger partial charge in [-0.2, -0.15) is 5.26 Å². The van der Waals surface area contributed by atoms with Gasteiger partial charge < -0.3 is 28.7 Å². The van der Waals surface area contributed by atoms with Crippen LogP contribution in [0.4, 0.5) is 0 Å². The van der Waals surface area contributed by atoms with Gasteiger partial charge in [0.25, 0.3) is 11.1 Å². The van der Waals surface area contributed by atoms with Gasteiger partial charge in [-0.05, 0) is 25.7 Å². The summed E-state index contributed by atoms with van der Waals surface area (Å²) >= 11 is 6.94. The maximum atomic E-state index is 12.4. The molecule has 2 aromatic heterocycles. The first-order chi connectivity index (χ1) is 19.5. The van der Waals surface area contributed by atoms with Gasteiger partial charge in [-0.3, -0.25) is 28.7 Å². The second kappa shape index (κ2) is 13.3. The fraction of sp³-hybridized carbons (Fsp3) is 0.609. The van der Waals surface area contributed by atoms with E-state index in [2.05, 4.69) is 9.97 Å². The van der Waals surface area contributed by atoms with E-state index in [1.807, 2.05) is 6.07 Å². The third-order valence-corrected chi connectivity index (χ3v) is 12.2. The van der Waals surface area contributed by atoms with Crippen LogP contribution < -0.4 is 22.5 Å². The number of aromatic amines is 2. The SMILES string of the molecule is Cc1cn([C@H]2C[C@H](OP(=S)(OCCC#N)S[C@H]3C[C@H](n4cc(C)c(=O)[nH]c4=O)O[C@@H]3CO)[C@@H](CO)O2)c(=O)[nH]c1=O. The minimum absolute atomic E-state index is 0.0286. The van der Waals surface area contributed by atoms with Crippen molar-refractivity contribution in [1.29, 1.82) is 5.26 Å². The molecule has 224 valence electrons. The molecule has 4 rings (SSSR count). The molecule has 2 fully saturated rings. The number of H-pyrrole nitrogens is 2. The Morgan fingerprint density at radius 3 is 2.10 bits per heavy atom. The second-order valence-electron chi connectivity index (χ2n) is 9.53. The summed E-state index contributed by atoms with van der Waals surface area (Å²) in [4.78, 5) is 52.9. The van der Waals surface area contributed by atoms with Crippen LogP contribution in [0.25, 0.3) is 0 Å². The Balaban J connectivity index is 1.56. The van der Waals surface area contributed by atoms with Crippen LogP contribution in [0.1, 0.15) is 42.8 Å². The monoisotopic (exact) mass is 631 g/mol. The molecular weight excluding hydrogens is 601 g/mol. The van der Waals surface area contributed by atoms with Crippen molar-refractivity contribution in [3.05, 3.63) is 65.2 Å². The standard InChI is InChI=1S/C23H30N5O10PS2/c1-12-8-27(22(33)25-20(12)31)18-6-14(15(10-29)36-18)38-39(40,35-5-3-4-24)41-17-7-19(37-16(17)11-30)28-9-13(2)21(32)26-23(28)34/h8-9,14-19,29-30H,3,5-7,10-11H2,1-2H3,(H,25,31,33)(H,26,32,34)/t14-,15+,16+,17-,18+,19+,39?/m0/s1. The molecule has 4 heterocycles.